The predicted octanol–water partition coefficient (Wildman–Crippen LogP) is 3.92. The third kappa shape index (κ3) is 3.47. The Kier molecular flexibility index (Phi) is 5.35. The second-order valence-corrected chi connectivity index (χ2v) is 6.15. The summed E-state index contributed by atoms with van der Waals surface area (Å²) in [6.45, 7) is 0.00134. The molecule has 3 rings (SSSR count). The number of nitrogens with zero attached hydrogens (tertiary/aromatic N) is 3. The number of hydrogen-bond acceptors (Lipinski definition) is 6. The average Bonchev–Trinajstić information content (AvgIpc) is 2.82. The number of hydrogen-bond donors (Lipinski definition) is 1. The van der Waals surface area contributed by atoms with Gasteiger partial charge in [-0.25, -0.2) is 9.79 Å². The summed E-state index contributed by atoms with van der Waals surface area (Å²) < 4.78 is 4.63. The van der Waals surface area contributed by atoms with Gasteiger partial charge in [-0.15, -0.1) is 0 Å². The van der Waals surface area contributed by atoms with E-state index in [-0.39, 0.29) is 18.0 Å². The zero-order valence-corrected chi connectivity index (χ0v) is 15.1. The van der Waals surface area contributed by atoms with Gasteiger partial charge in [-0.3, -0.25) is 4.99 Å². The average molecular weight is 390 g/mol. The standard InChI is InChI=1S/C18H13Cl2N3O3/c1-26-18(24)17(23-25)15-9-21-16(11-4-2-3-5-13(11)20)12-8-10(19)6-7-14(12)22-15/h2-8,25H,9H2,1H3/b23-17+. The number of rotatable bonds is 3. The summed E-state index contributed by atoms with van der Waals surface area (Å²) in [4.78, 5) is 20.8. The number of methoxy groups -OCH3 is 1. The molecule has 0 atom stereocenters. The van der Waals surface area contributed by atoms with Gasteiger partial charge in [0.2, 0.25) is 5.71 Å². The Hall–Kier alpha value is -2.70. The van der Waals surface area contributed by atoms with Crippen molar-refractivity contribution in [3.05, 3.63) is 63.6 Å². The lowest BCUT2D eigenvalue weighted by molar-refractivity contribution is -0.132. The van der Waals surface area contributed by atoms with E-state index in [0.717, 1.165) is 0 Å². The number of esters is 1. The fraction of sp³-hybridized carbons (Fsp3) is 0.111. The van der Waals surface area contributed by atoms with E-state index in [9.17, 15) is 10.0 Å². The van der Waals surface area contributed by atoms with Crippen LogP contribution in [-0.2, 0) is 9.53 Å². The molecule has 0 bridgehead atoms. The van der Waals surface area contributed by atoms with Crippen molar-refractivity contribution in [2.45, 2.75) is 0 Å². The minimum absolute atomic E-state index is 0.00134. The molecule has 2 aromatic carbocycles. The molecule has 1 heterocycles. The largest absolute Gasteiger partial charge is 0.464 e. The molecule has 1 aliphatic heterocycles. The molecule has 26 heavy (non-hydrogen) atoms. The first-order chi connectivity index (χ1) is 12.5. The van der Waals surface area contributed by atoms with E-state index >= 15 is 0 Å². The van der Waals surface area contributed by atoms with Gasteiger partial charge >= 0.3 is 5.97 Å². The third-order valence-electron chi connectivity index (χ3n) is 3.74. The van der Waals surface area contributed by atoms with E-state index in [1.165, 1.54) is 7.11 Å². The van der Waals surface area contributed by atoms with Crippen LogP contribution >= 0.6 is 23.2 Å². The molecule has 0 saturated carbocycles. The smallest absolute Gasteiger partial charge is 0.362 e. The molecule has 0 spiro atoms. The maximum Gasteiger partial charge on any atom is 0.362 e. The van der Waals surface area contributed by atoms with Gasteiger partial charge < -0.3 is 9.94 Å². The zero-order chi connectivity index (χ0) is 18.7. The van der Waals surface area contributed by atoms with Crippen LogP contribution < -0.4 is 0 Å². The van der Waals surface area contributed by atoms with Gasteiger partial charge in [0.1, 0.15) is 0 Å². The minimum Gasteiger partial charge on any atom is -0.464 e. The van der Waals surface area contributed by atoms with Crippen LogP contribution in [0.15, 0.2) is 57.6 Å². The number of halogens is 2. The molecule has 8 heteroatoms. The van der Waals surface area contributed by atoms with Crippen LogP contribution in [0.3, 0.4) is 0 Å². The number of benzene rings is 2. The molecule has 0 radical (unpaired) electrons. The zero-order valence-electron chi connectivity index (χ0n) is 13.6. The van der Waals surface area contributed by atoms with Crippen molar-refractivity contribution >= 4 is 52.0 Å². The Bertz CT molecular complexity index is 968. The normalized spacial score (nSPS) is 14.0. The Morgan fingerprint density at radius 1 is 1.19 bits per heavy atom. The first-order valence-electron chi connectivity index (χ1n) is 7.52. The number of ether oxygens (including phenoxy) is 1. The van der Waals surface area contributed by atoms with Crippen LogP contribution in [0.1, 0.15) is 11.1 Å². The summed E-state index contributed by atoms with van der Waals surface area (Å²) in [6, 6.07) is 12.3. The van der Waals surface area contributed by atoms with Crippen LogP contribution in [0.4, 0.5) is 5.69 Å². The van der Waals surface area contributed by atoms with E-state index in [4.69, 9.17) is 23.2 Å². The second-order valence-electron chi connectivity index (χ2n) is 5.30. The summed E-state index contributed by atoms with van der Waals surface area (Å²) in [7, 11) is 1.19. The summed E-state index contributed by atoms with van der Waals surface area (Å²) in [6.07, 6.45) is 0. The third-order valence-corrected chi connectivity index (χ3v) is 4.30. The highest BCUT2D eigenvalue weighted by molar-refractivity contribution is 6.66. The van der Waals surface area contributed by atoms with Crippen molar-refractivity contribution < 1.29 is 14.7 Å². The van der Waals surface area contributed by atoms with Crippen molar-refractivity contribution in [2.24, 2.45) is 15.1 Å². The van der Waals surface area contributed by atoms with Crippen molar-refractivity contribution in [1.82, 2.24) is 0 Å². The van der Waals surface area contributed by atoms with E-state index < -0.39 is 5.97 Å². The van der Waals surface area contributed by atoms with Crippen LogP contribution in [0.25, 0.3) is 0 Å². The Labute approximate surface area is 159 Å². The van der Waals surface area contributed by atoms with Crippen molar-refractivity contribution in [2.75, 3.05) is 13.7 Å². The molecule has 0 saturated heterocycles. The quantitative estimate of drug-likeness (QED) is 0.373. The van der Waals surface area contributed by atoms with E-state index in [1.807, 2.05) is 18.2 Å². The second kappa shape index (κ2) is 7.68. The molecule has 6 nitrogen and oxygen atoms in total. The lowest BCUT2D eigenvalue weighted by atomic mass is 10.0. The highest BCUT2D eigenvalue weighted by Gasteiger charge is 2.24. The molecular formula is C18H13Cl2N3O3. The molecule has 0 unspecified atom stereocenters. The van der Waals surface area contributed by atoms with Gasteiger partial charge in [-0.1, -0.05) is 46.6 Å². The molecular weight excluding hydrogens is 377 g/mol. The SMILES string of the molecule is COC(=O)/C(=N/O)C1=Nc2ccc(Cl)cc2C(c2ccccc2Cl)=NC1. The van der Waals surface area contributed by atoms with Crippen LogP contribution in [0.5, 0.6) is 0 Å². The van der Waals surface area contributed by atoms with Gasteiger partial charge in [-0.2, -0.15) is 0 Å². The number of oxime groups is 1. The number of fused-ring (bicyclic) bond motifs is 1. The maximum absolute atomic E-state index is 11.8. The summed E-state index contributed by atoms with van der Waals surface area (Å²) in [5.74, 6) is -0.807. The van der Waals surface area contributed by atoms with Crippen LogP contribution in [-0.4, -0.2) is 42.0 Å². The van der Waals surface area contributed by atoms with Gasteiger partial charge in [0, 0.05) is 21.2 Å². The Morgan fingerprint density at radius 2 is 1.96 bits per heavy atom. The van der Waals surface area contributed by atoms with Crippen molar-refractivity contribution in [3.63, 3.8) is 0 Å². The highest BCUT2D eigenvalue weighted by atomic mass is 35.5. The molecule has 2 aromatic rings. The van der Waals surface area contributed by atoms with Crippen molar-refractivity contribution in [1.29, 1.82) is 0 Å². The van der Waals surface area contributed by atoms with Gasteiger partial charge in [0.25, 0.3) is 0 Å². The molecule has 0 aromatic heterocycles. The van der Waals surface area contributed by atoms with E-state index in [0.29, 0.717) is 32.6 Å². The van der Waals surface area contributed by atoms with E-state index in [2.05, 4.69) is 19.9 Å². The molecule has 0 amide bonds. The van der Waals surface area contributed by atoms with E-state index in [1.54, 1.807) is 24.3 Å². The summed E-state index contributed by atoms with van der Waals surface area (Å²) >= 11 is 12.5. The predicted molar refractivity (Wildman–Crippen MR) is 102 cm³/mol. The van der Waals surface area contributed by atoms with Crippen LogP contribution in [0, 0.1) is 0 Å². The molecule has 1 N–H and O–H groups in total. The first-order valence-corrected chi connectivity index (χ1v) is 8.28. The minimum atomic E-state index is -0.807. The molecule has 0 fully saturated rings. The topological polar surface area (TPSA) is 83.6 Å². The fourth-order valence-corrected chi connectivity index (χ4v) is 2.94. The lowest BCUT2D eigenvalue weighted by Crippen LogP contribution is -2.27. The maximum atomic E-state index is 11.8. The van der Waals surface area contributed by atoms with Gasteiger partial charge in [-0.05, 0) is 24.3 Å². The van der Waals surface area contributed by atoms with Crippen LogP contribution in [0.2, 0.25) is 10.0 Å². The number of carbonyl (C=O) groups is 1. The molecule has 1 aliphatic rings. The van der Waals surface area contributed by atoms with Gasteiger partial charge in [0.15, 0.2) is 0 Å². The Balaban J connectivity index is 2.20. The highest BCUT2D eigenvalue weighted by Crippen LogP contribution is 2.30. The molecule has 0 aliphatic carbocycles. The number of aliphatic imine (C=N–C) groups is 2. The fourth-order valence-electron chi connectivity index (χ4n) is 2.54. The van der Waals surface area contributed by atoms with Crippen molar-refractivity contribution in [3.8, 4) is 0 Å². The Morgan fingerprint density at radius 3 is 2.65 bits per heavy atom. The monoisotopic (exact) mass is 389 g/mol. The lowest BCUT2D eigenvalue weighted by Gasteiger charge is -2.10. The summed E-state index contributed by atoms with van der Waals surface area (Å²) in [5, 5.41) is 13.3. The summed E-state index contributed by atoms with van der Waals surface area (Å²) in [5.41, 5.74) is 2.32. The molecule has 132 valence electrons. The first kappa shape index (κ1) is 18.1. The van der Waals surface area contributed by atoms with Gasteiger partial charge in [0.05, 0.1) is 30.8 Å². The number of carbonyl (C=O) groups excluding carboxylic acids is 1.